The molecule has 0 unspecified atom stereocenters. The van der Waals surface area contributed by atoms with Crippen LogP contribution in [0.3, 0.4) is 0 Å². The van der Waals surface area contributed by atoms with Crippen LogP contribution in [-0.4, -0.2) is 18.0 Å². The Morgan fingerprint density at radius 3 is 1.96 bits per heavy atom. The van der Waals surface area contributed by atoms with Crippen LogP contribution in [0.15, 0.2) is 88.1 Å². The third-order valence-corrected chi connectivity index (χ3v) is 4.59. The fourth-order valence-corrected chi connectivity index (χ4v) is 2.81. The van der Waals surface area contributed by atoms with Crippen molar-refractivity contribution < 1.29 is 13.0 Å². The molecule has 0 spiro atoms. The molecule has 7 heteroatoms. The second-order valence-electron chi connectivity index (χ2n) is 5.64. The van der Waals surface area contributed by atoms with E-state index in [1.54, 1.807) is 6.20 Å². The summed E-state index contributed by atoms with van der Waals surface area (Å²) in [7, 11) is -4.44. The number of benzene rings is 2. The molecule has 0 radical (unpaired) electrons. The molecule has 6 nitrogen and oxygen atoms in total. The van der Waals surface area contributed by atoms with Crippen molar-refractivity contribution in [2.45, 2.75) is 17.7 Å². The summed E-state index contributed by atoms with van der Waals surface area (Å²) in [6.45, 7) is 0. The molecule has 26 heavy (non-hydrogen) atoms. The van der Waals surface area contributed by atoms with Gasteiger partial charge in [-0.2, -0.15) is 10.2 Å². The number of hydrogen-bond acceptors (Lipinski definition) is 6. The minimum absolute atomic E-state index is 0.284. The van der Waals surface area contributed by atoms with Gasteiger partial charge in [0.05, 0.1) is 16.3 Å². The van der Waals surface area contributed by atoms with Gasteiger partial charge < -0.3 is 4.55 Å². The van der Waals surface area contributed by atoms with Crippen LogP contribution in [0.5, 0.6) is 0 Å². The molecule has 132 valence electrons. The lowest BCUT2D eigenvalue weighted by atomic mass is 10.1. The van der Waals surface area contributed by atoms with E-state index in [0.29, 0.717) is 11.4 Å². The average molecular weight is 366 g/mol. The molecule has 0 fully saturated rings. The number of aromatic nitrogens is 1. The number of hydrogen-bond donors (Lipinski definition) is 0. The first kappa shape index (κ1) is 17.9. The first-order valence-electron chi connectivity index (χ1n) is 7.97. The highest BCUT2D eigenvalue weighted by Gasteiger charge is 2.01. The molecular weight excluding hydrogens is 350 g/mol. The summed E-state index contributed by atoms with van der Waals surface area (Å²) in [4.78, 5) is 4.02. The van der Waals surface area contributed by atoms with Gasteiger partial charge in [-0.15, -0.1) is 0 Å². The molecule has 0 saturated carbocycles. The van der Waals surface area contributed by atoms with E-state index < -0.39 is 10.1 Å². The quantitative estimate of drug-likeness (QED) is 0.483. The fourth-order valence-electron chi connectivity index (χ4n) is 2.34. The third-order valence-electron chi connectivity index (χ3n) is 3.74. The highest BCUT2D eigenvalue weighted by atomic mass is 32.2. The lowest BCUT2D eigenvalue weighted by Gasteiger charge is -2.05. The van der Waals surface area contributed by atoms with Gasteiger partial charge >= 0.3 is 0 Å². The zero-order chi connectivity index (χ0) is 18.4. The van der Waals surface area contributed by atoms with E-state index in [1.807, 2.05) is 42.5 Å². The van der Waals surface area contributed by atoms with Gasteiger partial charge in [0.1, 0.15) is 10.1 Å². The Balaban J connectivity index is 1.61. The van der Waals surface area contributed by atoms with Gasteiger partial charge in [0, 0.05) is 11.9 Å². The molecule has 0 aliphatic heterocycles. The smallest absolute Gasteiger partial charge is 0.124 e. The van der Waals surface area contributed by atoms with Crippen LogP contribution in [0.2, 0.25) is 0 Å². The van der Waals surface area contributed by atoms with Crippen molar-refractivity contribution >= 4 is 21.5 Å². The summed E-state index contributed by atoms with van der Waals surface area (Å²) in [5.41, 5.74) is 3.39. The zero-order valence-electron chi connectivity index (χ0n) is 13.8. The van der Waals surface area contributed by atoms with Crippen molar-refractivity contribution in [2.24, 2.45) is 10.2 Å². The molecular formula is C19H16N3O3S-. The van der Waals surface area contributed by atoms with Gasteiger partial charge in [0.2, 0.25) is 0 Å². The van der Waals surface area contributed by atoms with Crippen LogP contribution in [0.25, 0.3) is 0 Å². The molecule has 0 N–H and O–H groups in total. The molecule has 0 bridgehead atoms. The number of rotatable bonds is 6. The summed E-state index contributed by atoms with van der Waals surface area (Å²) >= 11 is 0. The van der Waals surface area contributed by atoms with Gasteiger partial charge in [0.25, 0.3) is 0 Å². The third kappa shape index (κ3) is 5.05. The molecule has 1 heterocycles. The van der Waals surface area contributed by atoms with Gasteiger partial charge in [0.15, 0.2) is 0 Å². The predicted molar refractivity (Wildman–Crippen MR) is 96.7 cm³/mol. The Hall–Kier alpha value is -2.90. The summed E-state index contributed by atoms with van der Waals surface area (Å²) in [6.07, 6.45) is 3.55. The lowest BCUT2D eigenvalue weighted by Crippen LogP contribution is -1.97. The average Bonchev–Trinajstić information content (AvgIpc) is 2.66. The first-order valence-corrected chi connectivity index (χ1v) is 9.38. The van der Waals surface area contributed by atoms with E-state index in [0.717, 1.165) is 18.5 Å². The Bertz CT molecular complexity index is 984. The molecule has 0 amide bonds. The van der Waals surface area contributed by atoms with Crippen LogP contribution in [0.4, 0.5) is 11.4 Å². The second kappa shape index (κ2) is 7.99. The van der Waals surface area contributed by atoms with Crippen molar-refractivity contribution in [2.75, 3.05) is 0 Å². The van der Waals surface area contributed by atoms with Crippen LogP contribution in [-0.2, 0) is 23.0 Å². The van der Waals surface area contributed by atoms with Crippen molar-refractivity contribution in [3.63, 3.8) is 0 Å². The van der Waals surface area contributed by atoms with Crippen LogP contribution in [0, 0.1) is 0 Å². The standard InChI is InChI=1S/C19H17N3O3S/c23-26(24,25)19-12-10-18(11-13-19)22-21-17-8-5-15(6-9-17)4-7-16-3-1-2-14-20-16/h1-3,5-6,8-14H,4,7H2,(H,23,24,25)/p-1. The predicted octanol–water partition coefficient (Wildman–Crippen LogP) is 4.19. The molecule has 3 rings (SSSR count). The maximum atomic E-state index is 10.9. The Labute approximate surface area is 152 Å². The maximum absolute atomic E-state index is 10.9. The van der Waals surface area contributed by atoms with E-state index in [9.17, 15) is 13.0 Å². The normalized spacial score (nSPS) is 11.7. The molecule has 0 aliphatic carbocycles. The summed E-state index contributed by atoms with van der Waals surface area (Å²) in [6, 6.07) is 18.9. The largest absolute Gasteiger partial charge is 0.744 e. The number of pyridine rings is 1. The van der Waals surface area contributed by atoms with E-state index in [1.165, 1.54) is 29.8 Å². The maximum Gasteiger partial charge on any atom is 0.124 e. The van der Waals surface area contributed by atoms with E-state index in [2.05, 4.69) is 15.2 Å². The molecule has 0 atom stereocenters. The Morgan fingerprint density at radius 2 is 1.42 bits per heavy atom. The van der Waals surface area contributed by atoms with Crippen LogP contribution in [0.1, 0.15) is 11.3 Å². The fraction of sp³-hybridized carbons (Fsp3) is 0.105. The summed E-state index contributed by atoms with van der Waals surface area (Å²) < 4.78 is 32.7. The summed E-state index contributed by atoms with van der Waals surface area (Å²) in [5, 5.41) is 8.15. The molecule has 3 aromatic rings. The van der Waals surface area contributed by atoms with Gasteiger partial charge in [-0.05, 0) is 66.9 Å². The molecule has 2 aromatic carbocycles. The van der Waals surface area contributed by atoms with Crippen LogP contribution >= 0.6 is 0 Å². The van der Waals surface area contributed by atoms with Crippen LogP contribution < -0.4 is 0 Å². The van der Waals surface area contributed by atoms with Crippen molar-refractivity contribution in [3.05, 3.63) is 84.2 Å². The Kier molecular flexibility index (Phi) is 5.50. The number of aryl methyl sites for hydroxylation is 2. The van der Waals surface area contributed by atoms with Gasteiger partial charge in [-0.3, -0.25) is 4.98 Å². The second-order valence-corrected chi connectivity index (χ2v) is 7.02. The summed E-state index contributed by atoms with van der Waals surface area (Å²) in [5.74, 6) is 0. The minimum atomic E-state index is -4.44. The highest BCUT2D eigenvalue weighted by Crippen LogP contribution is 2.21. The molecule has 0 aliphatic rings. The molecule has 1 aromatic heterocycles. The minimum Gasteiger partial charge on any atom is -0.744 e. The number of azo groups is 1. The lowest BCUT2D eigenvalue weighted by molar-refractivity contribution is 0.463. The SMILES string of the molecule is O=S(=O)([O-])c1ccc(N=Nc2ccc(CCc3ccccn3)cc2)cc1. The highest BCUT2D eigenvalue weighted by molar-refractivity contribution is 7.85. The van der Waals surface area contributed by atoms with Gasteiger partial charge in [-0.25, -0.2) is 8.42 Å². The number of nitrogens with zero attached hydrogens (tertiary/aromatic N) is 3. The van der Waals surface area contributed by atoms with E-state index >= 15 is 0 Å². The van der Waals surface area contributed by atoms with E-state index in [4.69, 9.17) is 0 Å². The van der Waals surface area contributed by atoms with Crippen molar-refractivity contribution in [3.8, 4) is 0 Å². The first-order chi connectivity index (χ1) is 12.5. The van der Waals surface area contributed by atoms with Crippen molar-refractivity contribution in [1.82, 2.24) is 4.98 Å². The topological polar surface area (TPSA) is 94.8 Å². The monoisotopic (exact) mass is 366 g/mol. The zero-order valence-corrected chi connectivity index (χ0v) is 14.6. The van der Waals surface area contributed by atoms with Crippen molar-refractivity contribution in [1.29, 1.82) is 0 Å². The van der Waals surface area contributed by atoms with E-state index in [-0.39, 0.29) is 4.90 Å². The molecule has 0 saturated heterocycles. The van der Waals surface area contributed by atoms with Gasteiger partial charge in [-0.1, -0.05) is 18.2 Å². The Morgan fingerprint density at radius 1 is 0.808 bits per heavy atom.